The van der Waals surface area contributed by atoms with E-state index in [-0.39, 0.29) is 24.1 Å². The molecule has 0 atom stereocenters. The number of urea groups is 1. The molecular weight excluding hydrogens is 396 g/mol. The Morgan fingerprint density at radius 3 is 2.52 bits per heavy atom. The fourth-order valence-electron chi connectivity index (χ4n) is 2.54. The third-order valence-electron chi connectivity index (χ3n) is 3.77. The zero-order chi connectivity index (χ0) is 18.0. The lowest BCUT2D eigenvalue weighted by atomic mass is 10.3. The smallest absolute Gasteiger partial charge is 0.322 e. The summed E-state index contributed by atoms with van der Waals surface area (Å²) in [4.78, 5) is 27.3. The summed E-state index contributed by atoms with van der Waals surface area (Å²) in [6, 6.07) is 9.50. The number of amides is 3. The maximum atomic E-state index is 13.8. The number of nitrogens with one attached hydrogen (secondary N) is 1. The van der Waals surface area contributed by atoms with Gasteiger partial charge in [-0.25, -0.2) is 13.6 Å². The van der Waals surface area contributed by atoms with Gasteiger partial charge in [-0.05, 0) is 42.5 Å². The molecule has 3 amide bonds. The summed E-state index contributed by atoms with van der Waals surface area (Å²) in [5.41, 5.74) is 0.614. The third kappa shape index (κ3) is 3.96. The van der Waals surface area contributed by atoms with E-state index in [1.807, 2.05) is 0 Å². The number of rotatable bonds is 4. The zero-order valence-corrected chi connectivity index (χ0v) is 14.6. The van der Waals surface area contributed by atoms with Crippen LogP contribution < -0.4 is 10.2 Å². The number of nitrogens with zero attached hydrogens (tertiary/aromatic N) is 2. The second-order valence-corrected chi connectivity index (χ2v) is 6.42. The van der Waals surface area contributed by atoms with Gasteiger partial charge in [0.05, 0.1) is 5.69 Å². The Balaban J connectivity index is 1.62. The van der Waals surface area contributed by atoms with Crippen molar-refractivity contribution >= 4 is 39.2 Å². The fourth-order valence-corrected chi connectivity index (χ4v) is 2.88. The number of hydrogen-bond acceptors (Lipinski definition) is 2. The molecule has 1 aliphatic rings. The van der Waals surface area contributed by atoms with Crippen molar-refractivity contribution in [3.63, 3.8) is 0 Å². The van der Waals surface area contributed by atoms with Gasteiger partial charge in [0, 0.05) is 23.2 Å². The highest BCUT2D eigenvalue weighted by Gasteiger charge is 2.30. The standard InChI is InChI=1S/C17H14BrF2N3O2/c18-11-1-6-15(14(20)9-11)21-16(24)10-22-7-8-23(17(22)25)13-4-2-12(19)3-5-13/h1-6,9H,7-8,10H2,(H,21,24). The number of carbonyl (C=O) groups excluding carboxylic acids is 2. The molecule has 8 heteroatoms. The van der Waals surface area contributed by atoms with Crippen LogP contribution in [0, 0.1) is 11.6 Å². The van der Waals surface area contributed by atoms with E-state index >= 15 is 0 Å². The van der Waals surface area contributed by atoms with Crippen LogP contribution in [-0.4, -0.2) is 36.5 Å². The molecule has 25 heavy (non-hydrogen) atoms. The molecule has 130 valence electrons. The van der Waals surface area contributed by atoms with Crippen LogP contribution in [0.5, 0.6) is 0 Å². The first kappa shape index (κ1) is 17.3. The van der Waals surface area contributed by atoms with Gasteiger partial charge in [0.15, 0.2) is 0 Å². The molecule has 0 radical (unpaired) electrons. The SMILES string of the molecule is O=C(CN1CCN(c2ccc(F)cc2)C1=O)Nc1ccc(Br)cc1F. The van der Waals surface area contributed by atoms with Crippen LogP contribution in [-0.2, 0) is 4.79 Å². The van der Waals surface area contributed by atoms with Crippen molar-refractivity contribution in [2.45, 2.75) is 0 Å². The van der Waals surface area contributed by atoms with Crippen LogP contribution in [0.3, 0.4) is 0 Å². The molecule has 1 saturated heterocycles. The molecule has 1 aliphatic heterocycles. The van der Waals surface area contributed by atoms with E-state index in [1.54, 1.807) is 6.07 Å². The van der Waals surface area contributed by atoms with Gasteiger partial charge in [-0.1, -0.05) is 15.9 Å². The van der Waals surface area contributed by atoms with Crippen LogP contribution >= 0.6 is 15.9 Å². The number of anilines is 2. The normalized spacial score (nSPS) is 14.1. The van der Waals surface area contributed by atoms with Crippen molar-refractivity contribution in [2.75, 3.05) is 29.9 Å². The van der Waals surface area contributed by atoms with Crippen LogP contribution in [0.2, 0.25) is 0 Å². The largest absolute Gasteiger partial charge is 0.325 e. The number of benzene rings is 2. The summed E-state index contributed by atoms with van der Waals surface area (Å²) in [7, 11) is 0. The van der Waals surface area contributed by atoms with E-state index in [2.05, 4.69) is 21.2 Å². The van der Waals surface area contributed by atoms with Gasteiger partial charge >= 0.3 is 6.03 Å². The molecule has 1 fully saturated rings. The number of halogens is 3. The Bertz CT molecular complexity index is 814. The summed E-state index contributed by atoms with van der Waals surface area (Å²) in [5, 5.41) is 2.45. The topological polar surface area (TPSA) is 52.7 Å². The average molecular weight is 410 g/mol. The van der Waals surface area contributed by atoms with Crippen molar-refractivity contribution in [3.05, 3.63) is 58.6 Å². The Kier molecular flexibility index (Phi) is 4.98. The molecule has 0 spiro atoms. The first-order valence-corrected chi connectivity index (χ1v) is 8.30. The fraction of sp³-hybridized carbons (Fsp3) is 0.176. The van der Waals surface area contributed by atoms with Gasteiger partial charge in [0.1, 0.15) is 18.2 Å². The summed E-state index contributed by atoms with van der Waals surface area (Å²) in [5.74, 6) is -1.44. The number of carbonyl (C=O) groups is 2. The Morgan fingerprint density at radius 1 is 1.12 bits per heavy atom. The molecule has 3 rings (SSSR count). The monoisotopic (exact) mass is 409 g/mol. The second-order valence-electron chi connectivity index (χ2n) is 5.50. The first-order chi connectivity index (χ1) is 11.9. The van der Waals surface area contributed by atoms with E-state index in [1.165, 1.54) is 46.2 Å². The quantitative estimate of drug-likeness (QED) is 0.838. The summed E-state index contributed by atoms with van der Waals surface area (Å²) in [6.45, 7) is 0.558. The Labute approximate surface area is 151 Å². The van der Waals surface area contributed by atoms with E-state index in [9.17, 15) is 18.4 Å². The van der Waals surface area contributed by atoms with Crippen LogP contribution in [0.1, 0.15) is 0 Å². The predicted molar refractivity (Wildman–Crippen MR) is 93.4 cm³/mol. The van der Waals surface area contributed by atoms with Crippen molar-refractivity contribution in [2.24, 2.45) is 0 Å². The predicted octanol–water partition coefficient (Wildman–Crippen LogP) is 3.61. The third-order valence-corrected chi connectivity index (χ3v) is 4.27. The summed E-state index contributed by atoms with van der Waals surface area (Å²) in [6.07, 6.45) is 0. The minimum atomic E-state index is -0.566. The molecule has 2 aromatic carbocycles. The molecule has 5 nitrogen and oxygen atoms in total. The highest BCUT2D eigenvalue weighted by Crippen LogP contribution is 2.22. The summed E-state index contributed by atoms with van der Waals surface area (Å²) >= 11 is 3.14. The zero-order valence-electron chi connectivity index (χ0n) is 13.0. The highest BCUT2D eigenvalue weighted by molar-refractivity contribution is 9.10. The first-order valence-electron chi connectivity index (χ1n) is 7.51. The van der Waals surface area contributed by atoms with Crippen molar-refractivity contribution in [3.8, 4) is 0 Å². The van der Waals surface area contributed by atoms with Gasteiger partial charge in [0.25, 0.3) is 0 Å². The van der Waals surface area contributed by atoms with Gasteiger partial charge in [-0.2, -0.15) is 0 Å². The maximum Gasteiger partial charge on any atom is 0.325 e. The van der Waals surface area contributed by atoms with Crippen molar-refractivity contribution in [1.82, 2.24) is 4.90 Å². The van der Waals surface area contributed by atoms with Crippen molar-refractivity contribution in [1.29, 1.82) is 0 Å². The Morgan fingerprint density at radius 2 is 1.84 bits per heavy atom. The molecule has 0 bridgehead atoms. The highest BCUT2D eigenvalue weighted by atomic mass is 79.9. The van der Waals surface area contributed by atoms with E-state index in [4.69, 9.17) is 0 Å². The maximum absolute atomic E-state index is 13.8. The molecule has 0 saturated carbocycles. The molecule has 0 unspecified atom stereocenters. The molecule has 2 aromatic rings. The Hall–Kier alpha value is -2.48. The van der Waals surface area contributed by atoms with Gasteiger partial charge in [-0.3, -0.25) is 9.69 Å². The average Bonchev–Trinajstić information content (AvgIpc) is 2.92. The minimum absolute atomic E-state index is 0.0511. The lowest BCUT2D eigenvalue weighted by Gasteiger charge is -2.18. The van der Waals surface area contributed by atoms with E-state index in [0.717, 1.165) is 0 Å². The van der Waals surface area contributed by atoms with E-state index < -0.39 is 11.7 Å². The van der Waals surface area contributed by atoms with Crippen LogP contribution in [0.15, 0.2) is 46.9 Å². The van der Waals surface area contributed by atoms with Crippen LogP contribution in [0.4, 0.5) is 25.0 Å². The van der Waals surface area contributed by atoms with Gasteiger partial charge < -0.3 is 10.2 Å². The molecule has 0 aromatic heterocycles. The molecule has 1 heterocycles. The van der Waals surface area contributed by atoms with Crippen LogP contribution in [0.25, 0.3) is 0 Å². The lowest BCUT2D eigenvalue weighted by Crippen LogP contribution is -2.37. The second kappa shape index (κ2) is 7.18. The minimum Gasteiger partial charge on any atom is -0.322 e. The van der Waals surface area contributed by atoms with Gasteiger partial charge in [-0.15, -0.1) is 0 Å². The molecular formula is C17H14BrF2N3O2. The van der Waals surface area contributed by atoms with E-state index in [0.29, 0.717) is 23.2 Å². The van der Waals surface area contributed by atoms with Gasteiger partial charge in [0.2, 0.25) is 5.91 Å². The van der Waals surface area contributed by atoms with Crippen molar-refractivity contribution < 1.29 is 18.4 Å². The lowest BCUT2D eigenvalue weighted by molar-refractivity contribution is -0.116. The number of hydrogen-bond donors (Lipinski definition) is 1. The molecule has 0 aliphatic carbocycles. The molecule has 1 N–H and O–H groups in total. The summed E-state index contributed by atoms with van der Waals surface area (Å²) < 4.78 is 27.3.